The molecule has 0 N–H and O–H groups in total. The first kappa shape index (κ1) is 25.2. The number of sulfone groups is 1. The van der Waals surface area contributed by atoms with Gasteiger partial charge in [-0.25, -0.2) is 8.42 Å². The Kier molecular flexibility index (Phi) is 6.62. The van der Waals surface area contributed by atoms with Crippen molar-refractivity contribution in [2.75, 3.05) is 6.26 Å². The standard InChI is InChI=1S/C27H23Cl2NO4S2/c1-15(27(31)32)21-11-12-30-22-13-17(16-3-5-18(28)6-4-16)14-23(36(2,33)34)24(22)26(25(21)30)35-20-9-7-19(29)8-10-20/h3-10,13-15,21H,11-12H2,1-2H3,(H,31,32)/p-1. The van der Waals surface area contributed by atoms with E-state index in [0.29, 0.717) is 28.4 Å². The van der Waals surface area contributed by atoms with Gasteiger partial charge in [-0.3, -0.25) is 0 Å². The number of rotatable bonds is 6. The van der Waals surface area contributed by atoms with E-state index in [9.17, 15) is 18.3 Å². The number of aliphatic carboxylic acids is 1. The van der Waals surface area contributed by atoms with Crippen LogP contribution in [0, 0.1) is 5.92 Å². The maximum absolute atomic E-state index is 13.1. The van der Waals surface area contributed by atoms with Gasteiger partial charge in [0.2, 0.25) is 0 Å². The number of aryl methyl sites for hydroxylation is 1. The van der Waals surface area contributed by atoms with E-state index in [2.05, 4.69) is 4.57 Å². The molecule has 36 heavy (non-hydrogen) atoms. The van der Waals surface area contributed by atoms with Crippen molar-refractivity contribution < 1.29 is 18.3 Å². The second-order valence-electron chi connectivity index (χ2n) is 9.07. The summed E-state index contributed by atoms with van der Waals surface area (Å²) < 4.78 is 28.3. The summed E-state index contributed by atoms with van der Waals surface area (Å²) in [6.07, 6.45) is 1.84. The molecule has 2 atom stereocenters. The summed E-state index contributed by atoms with van der Waals surface area (Å²) in [6, 6.07) is 18.2. The minimum absolute atomic E-state index is 0.211. The van der Waals surface area contributed by atoms with Gasteiger partial charge in [-0.2, -0.15) is 0 Å². The van der Waals surface area contributed by atoms with Crippen LogP contribution in [0.25, 0.3) is 22.0 Å². The zero-order valence-corrected chi connectivity index (χ0v) is 22.6. The number of benzene rings is 3. The molecule has 0 saturated carbocycles. The molecule has 0 saturated heterocycles. The molecule has 1 aliphatic heterocycles. The van der Waals surface area contributed by atoms with Gasteiger partial charge in [0.25, 0.3) is 0 Å². The Morgan fingerprint density at radius 3 is 2.22 bits per heavy atom. The van der Waals surface area contributed by atoms with Crippen molar-refractivity contribution in [3.8, 4) is 11.1 Å². The molecule has 2 heterocycles. The summed E-state index contributed by atoms with van der Waals surface area (Å²) in [5, 5.41) is 13.7. The summed E-state index contributed by atoms with van der Waals surface area (Å²) in [5.41, 5.74) is 3.19. The third kappa shape index (κ3) is 4.54. The highest BCUT2D eigenvalue weighted by molar-refractivity contribution is 7.99. The Labute approximate surface area is 224 Å². The van der Waals surface area contributed by atoms with Crippen LogP contribution in [0.3, 0.4) is 0 Å². The summed E-state index contributed by atoms with van der Waals surface area (Å²) in [6.45, 7) is 2.24. The molecule has 0 fully saturated rings. The Balaban J connectivity index is 1.83. The monoisotopic (exact) mass is 558 g/mol. The number of carboxylic acid groups (broad SMARTS) is 1. The van der Waals surface area contributed by atoms with Crippen LogP contribution in [0.15, 0.2) is 75.4 Å². The number of fused-ring (bicyclic) bond motifs is 3. The molecule has 5 rings (SSSR count). The van der Waals surface area contributed by atoms with Gasteiger partial charge < -0.3 is 14.5 Å². The van der Waals surface area contributed by atoms with E-state index in [0.717, 1.165) is 32.1 Å². The molecule has 5 nitrogen and oxygen atoms in total. The Morgan fingerprint density at radius 2 is 1.64 bits per heavy atom. The Hall–Kier alpha value is -2.45. The Bertz CT molecular complexity index is 1590. The molecular weight excluding hydrogens is 537 g/mol. The summed E-state index contributed by atoms with van der Waals surface area (Å²) in [7, 11) is -3.63. The lowest BCUT2D eigenvalue weighted by Crippen LogP contribution is -2.32. The average molecular weight is 560 g/mol. The van der Waals surface area contributed by atoms with Crippen molar-refractivity contribution in [2.45, 2.75) is 40.5 Å². The van der Waals surface area contributed by atoms with Crippen molar-refractivity contribution >= 4 is 61.7 Å². The molecule has 0 bridgehead atoms. The van der Waals surface area contributed by atoms with Crippen LogP contribution in [-0.4, -0.2) is 25.2 Å². The SMILES string of the molecule is CC(C(=O)[O-])C1CCn2c1c(Sc1ccc(Cl)cc1)c1c(S(C)(=O)=O)cc(-c3ccc(Cl)cc3)cc12. The maximum atomic E-state index is 13.1. The number of aromatic nitrogens is 1. The van der Waals surface area contributed by atoms with E-state index in [-0.39, 0.29) is 10.8 Å². The first-order valence-electron chi connectivity index (χ1n) is 11.3. The number of halogens is 2. The van der Waals surface area contributed by atoms with Gasteiger partial charge in [0, 0.05) is 61.5 Å². The zero-order valence-electron chi connectivity index (χ0n) is 19.5. The third-order valence-corrected chi connectivity index (χ3v) is 9.47. The zero-order chi connectivity index (χ0) is 25.8. The van der Waals surface area contributed by atoms with Crippen LogP contribution in [0.4, 0.5) is 0 Å². The maximum Gasteiger partial charge on any atom is 0.176 e. The lowest BCUT2D eigenvalue weighted by molar-refractivity contribution is -0.311. The van der Waals surface area contributed by atoms with E-state index < -0.39 is 21.7 Å². The number of carbonyl (C=O) groups is 1. The predicted octanol–water partition coefficient (Wildman–Crippen LogP) is 6.04. The van der Waals surface area contributed by atoms with E-state index >= 15 is 0 Å². The number of hydrogen-bond donors (Lipinski definition) is 0. The fraction of sp³-hybridized carbons (Fsp3) is 0.222. The smallest absolute Gasteiger partial charge is 0.176 e. The van der Waals surface area contributed by atoms with Crippen molar-refractivity contribution in [1.29, 1.82) is 0 Å². The van der Waals surface area contributed by atoms with E-state index in [1.54, 1.807) is 37.3 Å². The predicted molar refractivity (Wildman–Crippen MR) is 143 cm³/mol. The first-order chi connectivity index (χ1) is 17.0. The third-order valence-electron chi connectivity index (χ3n) is 6.72. The molecule has 0 amide bonds. The molecule has 2 unspecified atom stereocenters. The van der Waals surface area contributed by atoms with Crippen LogP contribution < -0.4 is 5.11 Å². The number of carboxylic acids is 1. The highest BCUT2D eigenvalue weighted by Crippen LogP contribution is 2.50. The lowest BCUT2D eigenvalue weighted by atomic mass is 9.90. The molecule has 0 aliphatic carbocycles. The quantitative estimate of drug-likeness (QED) is 0.288. The molecule has 1 aliphatic rings. The van der Waals surface area contributed by atoms with Crippen LogP contribution in [0.5, 0.6) is 0 Å². The first-order valence-corrected chi connectivity index (χ1v) is 14.8. The Morgan fingerprint density at radius 1 is 1.03 bits per heavy atom. The minimum Gasteiger partial charge on any atom is -0.550 e. The normalized spacial score (nSPS) is 16.3. The molecule has 0 radical (unpaired) electrons. The van der Waals surface area contributed by atoms with Gasteiger partial charge >= 0.3 is 0 Å². The average Bonchev–Trinajstić information content (AvgIpc) is 3.39. The van der Waals surface area contributed by atoms with Gasteiger partial charge in [0.15, 0.2) is 9.84 Å². The van der Waals surface area contributed by atoms with Crippen molar-refractivity contribution in [2.24, 2.45) is 5.92 Å². The fourth-order valence-corrected chi connectivity index (χ4v) is 7.34. The van der Waals surface area contributed by atoms with E-state index in [1.165, 1.54) is 18.0 Å². The summed E-state index contributed by atoms with van der Waals surface area (Å²) in [5.74, 6) is -2.15. The van der Waals surface area contributed by atoms with Crippen molar-refractivity contribution in [3.05, 3.63) is 76.4 Å². The van der Waals surface area contributed by atoms with Crippen LogP contribution in [0.2, 0.25) is 10.0 Å². The van der Waals surface area contributed by atoms with E-state index in [4.69, 9.17) is 23.2 Å². The van der Waals surface area contributed by atoms with Crippen molar-refractivity contribution in [3.63, 3.8) is 0 Å². The lowest BCUT2D eigenvalue weighted by Gasteiger charge is -2.21. The van der Waals surface area contributed by atoms with Gasteiger partial charge in [-0.1, -0.05) is 54.0 Å². The molecule has 4 aromatic rings. The number of nitrogens with zero attached hydrogens (tertiary/aromatic N) is 1. The summed E-state index contributed by atoms with van der Waals surface area (Å²) in [4.78, 5) is 13.7. The molecule has 9 heteroatoms. The van der Waals surface area contributed by atoms with Crippen LogP contribution in [0.1, 0.15) is 25.0 Å². The largest absolute Gasteiger partial charge is 0.550 e. The fourth-order valence-electron chi connectivity index (χ4n) is 4.91. The summed E-state index contributed by atoms with van der Waals surface area (Å²) >= 11 is 13.6. The van der Waals surface area contributed by atoms with Gasteiger partial charge in [-0.15, -0.1) is 0 Å². The molecule has 3 aromatic carbocycles. The second-order valence-corrected chi connectivity index (χ2v) is 13.0. The highest BCUT2D eigenvalue weighted by Gasteiger charge is 2.36. The highest BCUT2D eigenvalue weighted by atomic mass is 35.5. The van der Waals surface area contributed by atoms with Crippen LogP contribution in [-0.2, 0) is 21.2 Å². The number of hydrogen-bond acceptors (Lipinski definition) is 5. The molecule has 1 aromatic heterocycles. The molecular formula is C27H22Cl2NO4S2-. The second kappa shape index (κ2) is 9.45. The molecule has 0 spiro atoms. The topological polar surface area (TPSA) is 79.2 Å². The van der Waals surface area contributed by atoms with Gasteiger partial charge in [-0.05, 0) is 66.1 Å². The van der Waals surface area contributed by atoms with E-state index in [1.807, 2.05) is 30.3 Å². The van der Waals surface area contributed by atoms with Gasteiger partial charge in [0.1, 0.15) is 0 Å². The molecule has 186 valence electrons. The minimum atomic E-state index is -3.63. The van der Waals surface area contributed by atoms with Crippen molar-refractivity contribution in [1.82, 2.24) is 4.57 Å². The van der Waals surface area contributed by atoms with Gasteiger partial charge in [0.05, 0.1) is 10.4 Å². The number of carbonyl (C=O) groups excluding carboxylic acids is 1. The van der Waals surface area contributed by atoms with Crippen LogP contribution >= 0.6 is 35.0 Å².